The summed E-state index contributed by atoms with van der Waals surface area (Å²) in [5.41, 5.74) is 1.06. The number of rotatable bonds is 6. The van der Waals surface area contributed by atoms with Crippen LogP contribution in [0.15, 0.2) is 59.8 Å². The second-order valence-corrected chi connectivity index (χ2v) is 10.5. The molecule has 4 rings (SSSR count). The molecule has 0 radical (unpaired) electrons. The number of halogens is 6. The molecule has 0 aliphatic carbocycles. The van der Waals surface area contributed by atoms with Gasteiger partial charge in [-0.05, 0) is 47.5 Å². The molecule has 196 valence electrons. The minimum Gasteiger partial charge on any atom is -0.351 e. The van der Waals surface area contributed by atoms with E-state index in [1.54, 1.807) is 0 Å². The molecule has 3 aromatic rings. The number of hydrogen-bond donors (Lipinski definition) is 1. The minimum atomic E-state index is -4.69. The first-order valence-electron chi connectivity index (χ1n) is 10.7. The van der Waals surface area contributed by atoms with Crippen molar-refractivity contribution < 1.29 is 35.2 Å². The summed E-state index contributed by atoms with van der Waals surface area (Å²) in [5.74, 6) is -2.72. The normalized spacial score (nSPS) is 18.6. The van der Waals surface area contributed by atoms with Crippen molar-refractivity contribution in [3.63, 3.8) is 0 Å². The third-order valence-electron chi connectivity index (χ3n) is 5.67. The van der Waals surface area contributed by atoms with Crippen molar-refractivity contribution in [2.45, 2.75) is 36.3 Å². The quantitative estimate of drug-likeness (QED) is 0.452. The Morgan fingerprint density at radius 1 is 1.08 bits per heavy atom. The summed E-state index contributed by atoms with van der Waals surface area (Å²) in [7, 11) is -4.28. The fourth-order valence-corrected chi connectivity index (χ4v) is 5.63. The van der Waals surface area contributed by atoms with E-state index in [9.17, 15) is 35.2 Å². The van der Waals surface area contributed by atoms with Crippen molar-refractivity contribution in [1.29, 1.82) is 0 Å². The van der Waals surface area contributed by atoms with Gasteiger partial charge in [0.1, 0.15) is 18.0 Å². The average Bonchev–Trinajstić information content (AvgIpc) is 3.26. The summed E-state index contributed by atoms with van der Waals surface area (Å²) < 4.78 is 92.3. The van der Waals surface area contributed by atoms with Crippen molar-refractivity contribution in [2.24, 2.45) is 0 Å². The van der Waals surface area contributed by atoms with Crippen LogP contribution < -0.4 is 5.32 Å². The third-order valence-corrected chi connectivity index (χ3v) is 7.92. The Bertz CT molecular complexity index is 1400. The molecule has 37 heavy (non-hydrogen) atoms. The number of carbonyl (C=O) groups is 1. The molecule has 0 spiro atoms. The lowest BCUT2D eigenvalue weighted by Gasteiger charge is -2.23. The molecule has 1 aromatic heterocycles. The van der Waals surface area contributed by atoms with Crippen LogP contribution in [-0.2, 0) is 27.5 Å². The van der Waals surface area contributed by atoms with Gasteiger partial charge in [0.15, 0.2) is 0 Å². The topological polar surface area (TPSA) is 92.3 Å². The molecule has 1 fully saturated rings. The molecule has 14 heteroatoms. The van der Waals surface area contributed by atoms with Crippen molar-refractivity contribution >= 4 is 27.5 Å². The van der Waals surface area contributed by atoms with Gasteiger partial charge >= 0.3 is 6.18 Å². The molecule has 2 heterocycles. The number of hydrogen-bond acceptors (Lipinski definition) is 5. The van der Waals surface area contributed by atoms with Crippen LogP contribution in [0.25, 0.3) is 11.1 Å². The molecule has 2 unspecified atom stereocenters. The number of benzene rings is 2. The predicted molar refractivity (Wildman–Crippen MR) is 123 cm³/mol. The van der Waals surface area contributed by atoms with E-state index in [0.717, 1.165) is 41.0 Å². The zero-order valence-electron chi connectivity index (χ0n) is 18.7. The second kappa shape index (κ2) is 10.3. The SMILES string of the molecule is O=C(NCc1cc(-c2cnc(C(F)(F)F)nc2)ccc1Cl)C1CC(F)CN1S(=O)(=O)c1ccc(F)cc1. The van der Waals surface area contributed by atoms with Crippen molar-refractivity contribution in [1.82, 2.24) is 19.6 Å². The number of nitrogens with one attached hydrogen (secondary N) is 1. The van der Waals surface area contributed by atoms with Gasteiger partial charge in [-0.15, -0.1) is 0 Å². The summed E-state index contributed by atoms with van der Waals surface area (Å²) >= 11 is 6.20. The Morgan fingerprint density at radius 3 is 2.35 bits per heavy atom. The molecule has 2 atom stereocenters. The van der Waals surface area contributed by atoms with Gasteiger partial charge in [0.2, 0.25) is 21.8 Å². The number of amides is 1. The Kier molecular flexibility index (Phi) is 7.49. The lowest BCUT2D eigenvalue weighted by Crippen LogP contribution is -2.45. The molecule has 1 N–H and O–H groups in total. The van der Waals surface area contributed by atoms with Gasteiger partial charge in [-0.25, -0.2) is 27.2 Å². The highest BCUT2D eigenvalue weighted by Gasteiger charge is 2.44. The first kappa shape index (κ1) is 26.9. The number of sulfonamides is 1. The molecule has 1 aliphatic rings. The Labute approximate surface area is 213 Å². The van der Waals surface area contributed by atoms with Crippen LogP contribution in [-0.4, -0.2) is 47.4 Å². The highest BCUT2D eigenvalue weighted by atomic mass is 35.5. The van der Waals surface area contributed by atoms with Crippen LogP contribution in [0.3, 0.4) is 0 Å². The maximum Gasteiger partial charge on any atom is 0.451 e. The van der Waals surface area contributed by atoms with Crippen LogP contribution in [0, 0.1) is 5.82 Å². The minimum absolute atomic E-state index is 0.176. The van der Waals surface area contributed by atoms with E-state index in [4.69, 9.17) is 11.6 Å². The number of alkyl halides is 4. The van der Waals surface area contributed by atoms with E-state index < -0.39 is 52.5 Å². The maximum absolute atomic E-state index is 14.2. The summed E-state index contributed by atoms with van der Waals surface area (Å²) in [4.78, 5) is 19.2. The summed E-state index contributed by atoms with van der Waals surface area (Å²) in [6.07, 6.45) is -4.65. The Morgan fingerprint density at radius 2 is 1.73 bits per heavy atom. The fraction of sp³-hybridized carbons (Fsp3) is 0.261. The van der Waals surface area contributed by atoms with Crippen LogP contribution in [0.4, 0.5) is 22.0 Å². The molecule has 2 aromatic carbocycles. The summed E-state index contributed by atoms with van der Waals surface area (Å²) in [6.45, 7) is -0.715. The molecule has 1 amide bonds. The molecular weight excluding hydrogens is 543 g/mol. The molecule has 0 saturated carbocycles. The van der Waals surface area contributed by atoms with Crippen LogP contribution in [0.2, 0.25) is 5.02 Å². The third kappa shape index (κ3) is 5.89. The van der Waals surface area contributed by atoms with Crippen molar-refractivity contribution in [3.05, 3.63) is 77.1 Å². The second-order valence-electron chi connectivity index (χ2n) is 8.19. The van der Waals surface area contributed by atoms with Crippen LogP contribution in [0.1, 0.15) is 17.8 Å². The van der Waals surface area contributed by atoms with Crippen molar-refractivity contribution in [2.75, 3.05) is 6.54 Å². The number of nitrogens with zero attached hydrogens (tertiary/aromatic N) is 3. The smallest absolute Gasteiger partial charge is 0.351 e. The molecular formula is C23H18ClF5N4O3S. The van der Waals surface area contributed by atoms with E-state index in [2.05, 4.69) is 15.3 Å². The van der Waals surface area contributed by atoms with Gasteiger partial charge in [0.25, 0.3) is 0 Å². The van der Waals surface area contributed by atoms with Crippen LogP contribution >= 0.6 is 11.6 Å². The molecule has 7 nitrogen and oxygen atoms in total. The largest absolute Gasteiger partial charge is 0.451 e. The van der Waals surface area contributed by atoms with E-state index in [1.807, 2.05) is 0 Å². The summed E-state index contributed by atoms with van der Waals surface area (Å²) in [6, 6.07) is 7.10. The van der Waals surface area contributed by atoms with E-state index in [-0.39, 0.29) is 28.4 Å². The molecule has 0 bridgehead atoms. The van der Waals surface area contributed by atoms with E-state index in [1.165, 1.54) is 18.2 Å². The van der Waals surface area contributed by atoms with Crippen LogP contribution in [0.5, 0.6) is 0 Å². The molecule has 1 aliphatic heterocycles. The zero-order valence-corrected chi connectivity index (χ0v) is 20.3. The van der Waals surface area contributed by atoms with Crippen molar-refractivity contribution in [3.8, 4) is 11.1 Å². The fourth-order valence-electron chi connectivity index (χ4n) is 3.82. The summed E-state index contributed by atoms with van der Waals surface area (Å²) in [5, 5.41) is 2.76. The molecule has 1 saturated heterocycles. The van der Waals surface area contributed by atoms with Gasteiger partial charge in [-0.1, -0.05) is 17.7 Å². The predicted octanol–water partition coefficient (Wildman–Crippen LogP) is 4.37. The standard InChI is InChI=1S/C23H18ClF5N4O3S/c24-19-6-1-13(15-10-31-22(32-11-15)23(27,28)29)7-14(19)9-30-21(34)20-8-17(26)12-33(20)37(35,36)18-4-2-16(25)3-5-18/h1-7,10-11,17,20H,8-9,12H2,(H,30,34). The maximum atomic E-state index is 14.2. The lowest BCUT2D eigenvalue weighted by molar-refractivity contribution is -0.145. The lowest BCUT2D eigenvalue weighted by atomic mass is 10.1. The highest BCUT2D eigenvalue weighted by Crippen LogP contribution is 2.30. The monoisotopic (exact) mass is 560 g/mol. The Balaban J connectivity index is 1.50. The highest BCUT2D eigenvalue weighted by molar-refractivity contribution is 7.89. The zero-order chi connectivity index (χ0) is 27.0. The van der Waals surface area contributed by atoms with Gasteiger partial charge in [0.05, 0.1) is 4.90 Å². The van der Waals surface area contributed by atoms with E-state index >= 15 is 0 Å². The first-order valence-corrected chi connectivity index (χ1v) is 12.6. The Hall–Kier alpha value is -3.16. The average molecular weight is 561 g/mol. The van der Waals surface area contributed by atoms with E-state index in [0.29, 0.717) is 11.1 Å². The van der Waals surface area contributed by atoms with Gasteiger partial charge in [-0.2, -0.15) is 17.5 Å². The number of aromatic nitrogens is 2. The number of carbonyl (C=O) groups excluding carboxylic acids is 1. The van der Waals surface area contributed by atoms with Gasteiger partial charge < -0.3 is 5.32 Å². The first-order chi connectivity index (χ1) is 17.4. The van der Waals surface area contributed by atoms with Gasteiger partial charge in [-0.3, -0.25) is 4.79 Å². The van der Waals surface area contributed by atoms with Gasteiger partial charge in [0, 0.05) is 42.5 Å².